The van der Waals surface area contributed by atoms with E-state index >= 15 is 0 Å². The number of hydrogen-bond acceptors (Lipinski definition) is 2. The van der Waals surface area contributed by atoms with Crippen LogP contribution in [0.5, 0.6) is 0 Å². The van der Waals surface area contributed by atoms with Gasteiger partial charge < -0.3 is 10.6 Å². The first-order chi connectivity index (χ1) is 11.2. The van der Waals surface area contributed by atoms with Gasteiger partial charge >= 0.3 is 0 Å². The number of nitrogen functional groups attached to an aromatic ring is 1. The summed E-state index contributed by atoms with van der Waals surface area (Å²) in [6, 6.07) is 18.1. The average Bonchev–Trinajstić information content (AvgIpc) is 3.05. The molecule has 2 aromatic rings. The van der Waals surface area contributed by atoms with Crippen molar-refractivity contribution in [3.8, 4) is 0 Å². The summed E-state index contributed by atoms with van der Waals surface area (Å²) < 4.78 is 0. The molecule has 2 aromatic carbocycles. The van der Waals surface area contributed by atoms with Crippen LogP contribution >= 0.6 is 0 Å². The van der Waals surface area contributed by atoms with Gasteiger partial charge in [-0.3, -0.25) is 4.79 Å². The Labute approximate surface area is 138 Å². The van der Waals surface area contributed by atoms with Crippen molar-refractivity contribution in [2.24, 2.45) is 0 Å². The maximum absolute atomic E-state index is 12.9. The summed E-state index contributed by atoms with van der Waals surface area (Å²) in [4.78, 5) is 15.0. The first-order valence-electron chi connectivity index (χ1n) is 8.42. The molecule has 23 heavy (non-hydrogen) atoms. The highest BCUT2D eigenvalue weighted by Gasteiger charge is 2.34. The summed E-state index contributed by atoms with van der Waals surface area (Å²) in [6.07, 6.45) is 3.18. The van der Waals surface area contributed by atoms with E-state index in [1.165, 1.54) is 5.56 Å². The average molecular weight is 308 g/mol. The summed E-state index contributed by atoms with van der Waals surface area (Å²) in [5.74, 6) is 0.498. The minimum atomic E-state index is 0.106. The Kier molecular flexibility index (Phi) is 4.65. The molecule has 1 heterocycles. The monoisotopic (exact) mass is 308 g/mol. The third-order valence-electron chi connectivity index (χ3n) is 4.83. The Hall–Kier alpha value is -2.29. The Morgan fingerprint density at radius 3 is 2.70 bits per heavy atom. The number of anilines is 1. The minimum absolute atomic E-state index is 0.106. The van der Waals surface area contributed by atoms with Gasteiger partial charge in [0.1, 0.15) is 0 Å². The maximum atomic E-state index is 12.9. The summed E-state index contributed by atoms with van der Waals surface area (Å²) in [6.45, 7) is 3.04. The zero-order valence-electron chi connectivity index (χ0n) is 13.6. The lowest BCUT2D eigenvalue weighted by atomic mass is 9.87. The zero-order chi connectivity index (χ0) is 16.2. The lowest BCUT2D eigenvalue weighted by Crippen LogP contribution is -2.39. The third-order valence-corrected chi connectivity index (χ3v) is 4.83. The fourth-order valence-corrected chi connectivity index (χ4v) is 3.73. The van der Waals surface area contributed by atoms with Crippen LogP contribution in [0.25, 0.3) is 0 Å². The molecule has 120 valence electrons. The molecule has 0 aliphatic carbocycles. The second-order valence-electron chi connectivity index (χ2n) is 6.26. The summed E-state index contributed by atoms with van der Waals surface area (Å²) >= 11 is 0. The van der Waals surface area contributed by atoms with E-state index < -0.39 is 0 Å². The number of carbonyl (C=O) groups is 1. The molecule has 1 amide bonds. The maximum Gasteiger partial charge on any atom is 0.254 e. The number of amides is 1. The van der Waals surface area contributed by atoms with Crippen LogP contribution in [0.4, 0.5) is 5.69 Å². The highest BCUT2D eigenvalue weighted by molar-refractivity contribution is 5.95. The molecule has 2 unspecified atom stereocenters. The largest absolute Gasteiger partial charge is 0.399 e. The first-order valence-corrected chi connectivity index (χ1v) is 8.42. The standard InChI is InChI=1S/C20H24N2O/c1-2-18(15-8-4-3-5-9-15)19-12-7-13-22(19)20(23)16-10-6-11-17(21)14-16/h3-6,8-11,14,18-19H,2,7,12-13,21H2,1H3. The van der Waals surface area contributed by atoms with Crippen molar-refractivity contribution in [2.75, 3.05) is 12.3 Å². The van der Waals surface area contributed by atoms with E-state index in [0.717, 1.165) is 25.8 Å². The molecule has 3 rings (SSSR count). The predicted molar refractivity (Wildman–Crippen MR) is 94.4 cm³/mol. The van der Waals surface area contributed by atoms with E-state index in [2.05, 4.69) is 36.1 Å². The molecular weight excluding hydrogens is 284 g/mol. The number of hydrogen-bond donors (Lipinski definition) is 1. The molecule has 1 saturated heterocycles. The molecule has 1 aliphatic heterocycles. The molecule has 1 fully saturated rings. The van der Waals surface area contributed by atoms with Crippen LogP contribution in [-0.2, 0) is 0 Å². The topological polar surface area (TPSA) is 46.3 Å². The Morgan fingerprint density at radius 1 is 1.22 bits per heavy atom. The second kappa shape index (κ2) is 6.86. The van der Waals surface area contributed by atoms with Crippen LogP contribution < -0.4 is 5.73 Å². The number of likely N-dealkylation sites (tertiary alicyclic amines) is 1. The van der Waals surface area contributed by atoms with Gasteiger partial charge in [-0.15, -0.1) is 0 Å². The van der Waals surface area contributed by atoms with E-state index in [-0.39, 0.29) is 11.9 Å². The number of nitrogens with two attached hydrogens (primary N) is 1. The zero-order valence-corrected chi connectivity index (χ0v) is 13.6. The van der Waals surface area contributed by atoms with Crippen LogP contribution in [0.3, 0.4) is 0 Å². The summed E-state index contributed by atoms with van der Waals surface area (Å²) in [5, 5.41) is 0. The Balaban J connectivity index is 1.86. The molecule has 0 radical (unpaired) electrons. The van der Waals surface area contributed by atoms with Gasteiger partial charge in [0, 0.05) is 29.8 Å². The van der Waals surface area contributed by atoms with Crippen molar-refractivity contribution in [2.45, 2.75) is 38.1 Å². The van der Waals surface area contributed by atoms with Crippen LogP contribution in [0.15, 0.2) is 54.6 Å². The lowest BCUT2D eigenvalue weighted by molar-refractivity contribution is 0.0714. The highest BCUT2D eigenvalue weighted by atomic mass is 16.2. The van der Waals surface area contributed by atoms with Crippen LogP contribution in [0, 0.1) is 0 Å². The van der Waals surface area contributed by atoms with E-state index in [0.29, 0.717) is 17.2 Å². The molecule has 0 spiro atoms. The normalized spacial score (nSPS) is 18.8. The van der Waals surface area contributed by atoms with E-state index in [1.54, 1.807) is 6.07 Å². The van der Waals surface area contributed by atoms with E-state index in [9.17, 15) is 4.79 Å². The van der Waals surface area contributed by atoms with Crippen LogP contribution in [0.2, 0.25) is 0 Å². The van der Waals surface area contributed by atoms with Gasteiger partial charge in [0.2, 0.25) is 0 Å². The van der Waals surface area contributed by atoms with Crippen LogP contribution in [0.1, 0.15) is 48.0 Å². The lowest BCUT2D eigenvalue weighted by Gasteiger charge is -2.32. The van der Waals surface area contributed by atoms with Crippen molar-refractivity contribution in [3.05, 3.63) is 65.7 Å². The fourth-order valence-electron chi connectivity index (χ4n) is 3.73. The van der Waals surface area contributed by atoms with Gasteiger partial charge in [-0.05, 0) is 43.0 Å². The molecule has 0 bridgehead atoms. The second-order valence-corrected chi connectivity index (χ2v) is 6.26. The van der Waals surface area contributed by atoms with Crippen molar-refractivity contribution >= 4 is 11.6 Å². The molecule has 2 N–H and O–H groups in total. The van der Waals surface area contributed by atoms with Gasteiger partial charge in [-0.25, -0.2) is 0 Å². The third kappa shape index (κ3) is 3.24. The SMILES string of the molecule is CCC(c1ccccc1)C1CCCN1C(=O)c1cccc(N)c1. The minimum Gasteiger partial charge on any atom is -0.399 e. The van der Waals surface area contributed by atoms with Gasteiger partial charge in [0.15, 0.2) is 0 Å². The summed E-state index contributed by atoms with van der Waals surface area (Å²) in [5.41, 5.74) is 8.50. The smallest absolute Gasteiger partial charge is 0.254 e. The number of nitrogens with zero attached hydrogens (tertiary/aromatic N) is 1. The predicted octanol–water partition coefficient (Wildman–Crippen LogP) is 4.07. The van der Waals surface area contributed by atoms with Crippen LogP contribution in [-0.4, -0.2) is 23.4 Å². The number of benzene rings is 2. The van der Waals surface area contributed by atoms with Gasteiger partial charge in [-0.2, -0.15) is 0 Å². The number of rotatable bonds is 4. The first kappa shape index (κ1) is 15.6. The molecule has 0 saturated carbocycles. The molecular formula is C20H24N2O. The van der Waals surface area contributed by atoms with E-state index in [4.69, 9.17) is 5.73 Å². The molecule has 0 aromatic heterocycles. The quantitative estimate of drug-likeness (QED) is 0.866. The van der Waals surface area contributed by atoms with Gasteiger partial charge in [0.25, 0.3) is 5.91 Å². The van der Waals surface area contributed by atoms with Gasteiger partial charge in [-0.1, -0.05) is 43.3 Å². The Morgan fingerprint density at radius 2 is 2.00 bits per heavy atom. The molecule has 3 nitrogen and oxygen atoms in total. The molecule has 1 aliphatic rings. The van der Waals surface area contributed by atoms with Gasteiger partial charge in [0.05, 0.1) is 0 Å². The fraction of sp³-hybridized carbons (Fsp3) is 0.350. The van der Waals surface area contributed by atoms with Crippen molar-refractivity contribution in [3.63, 3.8) is 0 Å². The van der Waals surface area contributed by atoms with Crippen molar-refractivity contribution < 1.29 is 4.79 Å². The summed E-state index contributed by atoms with van der Waals surface area (Å²) in [7, 11) is 0. The molecule has 3 heteroatoms. The molecule has 2 atom stereocenters. The number of carbonyl (C=O) groups excluding carboxylic acids is 1. The van der Waals surface area contributed by atoms with Crippen molar-refractivity contribution in [1.29, 1.82) is 0 Å². The Bertz CT molecular complexity index is 668. The van der Waals surface area contributed by atoms with E-state index in [1.807, 2.05) is 24.3 Å². The highest BCUT2D eigenvalue weighted by Crippen LogP contribution is 2.34. The van der Waals surface area contributed by atoms with Crippen molar-refractivity contribution in [1.82, 2.24) is 4.90 Å².